The molecule has 3 heterocycles. The molecule has 0 unspecified atom stereocenters. The normalized spacial score (nSPS) is 27.9. The summed E-state index contributed by atoms with van der Waals surface area (Å²) in [5, 5.41) is 31.4. The van der Waals surface area contributed by atoms with Gasteiger partial charge in [0.1, 0.15) is 29.6 Å². The number of rotatable bonds is 4. The van der Waals surface area contributed by atoms with E-state index < -0.39 is 30.7 Å². The number of nitrogens with zero attached hydrogens (tertiary/aromatic N) is 1. The summed E-state index contributed by atoms with van der Waals surface area (Å²) in [6, 6.07) is 5.14. The highest BCUT2D eigenvalue weighted by Crippen LogP contribution is 2.42. The van der Waals surface area contributed by atoms with E-state index in [4.69, 9.17) is 23.4 Å². The van der Waals surface area contributed by atoms with Gasteiger partial charge >= 0.3 is 0 Å². The number of benzene rings is 1. The molecule has 1 saturated heterocycles. The second-order valence-corrected chi connectivity index (χ2v) is 6.58. The first-order valence-electron chi connectivity index (χ1n) is 8.74. The molecule has 1 aromatic carbocycles. The molecule has 28 heavy (non-hydrogen) atoms. The molecule has 0 bridgehead atoms. The zero-order valence-electron chi connectivity index (χ0n) is 15.5. The fraction of sp³-hybridized carbons (Fsp3) is 0.421. The minimum atomic E-state index is -1.44. The van der Waals surface area contributed by atoms with E-state index in [2.05, 4.69) is 4.98 Å². The molecule has 1 aliphatic heterocycles. The Hall–Kier alpha value is -2.59. The molecule has 0 radical (unpaired) electrons. The van der Waals surface area contributed by atoms with Gasteiger partial charge in [-0.05, 0) is 25.1 Å². The van der Waals surface area contributed by atoms with Crippen LogP contribution >= 0.6 is 0 Å². The predicted octanol–water partition coefficient (Wildman–Crippen LogP) is 1.20. The van der Waals surface area contributed by atoms with E-state index >= 15 is 0 Å². The zero-order chi connectivity index (χ0) is 20.0. The third-order valence-corrected chi connectivity index (χ3v) is 4.90. The lowest BCUT2D eigenvalue weighted by Crippen LogP contribution is -2.58. The first-order chi connectivity index (χ1) is 13.5. The van der Waals surface area contributed by atoms with Crippen molar-refractivity contribution in [3.05, 3.63) is 24.5 Å². The van der Waals surface area contributed by atoms with Crippen LogP contribution in [-0.2, 0) is 4.74 Å². The van der Waals surface area contributed by atoms with Gasteiger partial charge in [0.25, 0.3) is 0 Å². The zero-order valence-corrected chi connectivity index (χ0v) is 15.5. The SMILES string of the molecule is COc1c2ccoc2nc2c(OC)c(O[C@H]3O[C@H](C)[C@@H](O)[C@H](O)[C@@H]3O)ccc12. The molecular weight excluding hydrogens is 370 g/mol. The van der Waals surface area contributed by atoms with Crippen molar-refractivity contribution in [3.8, 4) is 17.2 Å². The third kappa shape index (κ3) is 2.83. The second-order valence-electron chi connectivity index (χ2n) is 6.58. The predicted molar refractivity (Wildman–Crippen MR) is 97.6 cm³/mol. The molecule has 9 heteroatoms. The van der Waals surface area contributed by atoms with E-state index in [1.807, 2.05) is 0 Å². The maximum absolute atomic E-state index is 10.2. The number of ether oxygens (including phenoxy) is 4. The molecule has 5 atom stereocenters. The summed E-state index contributed by atoms with van der Waals surface area (Å²) in [7, 11) is 3.01. The number of pyridine rings is 1. The summed E-state index contributed by atoms with van der Waals surface area (Å²) >= 11 is 0. The molecule has 1 fully saturated rings. The number of hydrogen-bond acceptors (Lipinski definition) is 9. The molecule has 9 nitrogen and oxygen atoms in total. The average molecular weight is 391 g/mol. The Morgan fingerprint density at radius 2 is 1.68 bits per heavy atom. The summed E-state index contributed by atoms with van der Waals surface area (Å²) in [4.78, 5) is 4.49. The maximum Gasteiger partial charge on any atom is 0.230 e. The Bertz CT molecular complexity index is 1000. The van der Waals surface area contributed by atoms with Crippen LogP contribution in [0.4, 0.5) is 0 Å². The Labute approximate surface area is 160 Å². The monoisotopic (exact) mass is 391 g/mol. The number of methoxy groups -OCH3 is 2. The number of furan rings is 1. The van der Waals surface area contributed by atoms with Gasteiger partial charge in [-0.25, -0.2) is 4.98 Å². The van der Waals surface area contributed by atoms with Crippen LogP contribution in [0.1, 0.15) is 6.92 Å². The van der Waals surface area contributed by atoms with Crippen LogP contribution in [0.25, 0.3) is 22.0 Å². The number of aliphatic hydroxyl groups is 3. The minimum Gasteiger partial charge on any atom is -0.495 e. The summed E-state index contributed by atoms with van der Waals surface area (Å²) in [5.74, 6) is 1.12. The van der Waals surface area contributed by atoms with Gasteiger partial charge in [-0.1, -0.05) is 0 Å². The van der Waals surface area contributed by atoms with E-state index in [0.29, 0.717) is 22.4 Å². The summed E-state index contributed by atoms with van der Waals surface area (Å²) in [6.07, 6.45) is -4.47. The van der Waals surface area contributed by atoms with Crippen molar-refractivity contribution in [1.29, 1.82) is 0 Å². The summed E-state index contributed by atoms with van der Waals surface area (Å²) in [5.41, 5.74) is 0.819. The summed E-state index contributed by atoms with van der Waals surface area (Å²) in [6.45, 7) is 1.58. The summed E-state index contributed by atoms with van der Waals surface area (Å²) < 4.78 is 27.7. The smallest absolute Gasteiger partial charge is 0.230 e. The quantitative estimate of drug-likeness (QED) is 0.602. The van der Waals surface area contributed by atoms with Crippen molar-refractivity contribution in [2.75, 3.05) is 14.2 Å². The topological polar surface area (TPSA) is 124 Å². The maximum atomic E-state index is 10.2. The standard InChI is InChI=1S/C19H21NO8/c1-8-13(21)14(22)15(23)19(27-8)28-11-5-4-9-12(17(11)25-3)20-18-10(6-7-26-18)16(9)24-2/h4-8,13-15,19,21-23H,1-3H3/t8-,13-,14+,15+,19-/m1/s1. The Morgan fingerprint density at radius 1 is 0.929 bits per heavy atom. The average Bonchev–Trinajstić information content (AvgIpc) is 3.16. The molecule has 0 saturated carbocycles. The first kappa shape index (κ1) is 18.8. The highest BCUT2D eigenvalue weighted by molar-refractivity contribution is 6.02. The highest BCUT2D eigenvalue weighted by atomic mass is 16.7. The van der Waals surface area contributed by atoms with Gasteiger partial charge in [0.2, 0.25) is 12.0 Å². The van der Waals surface area contributed by atoms with E-state index in [9.17, 15) is 15.3 Å². The van der Waals surface area contributed by atoms with Crippen LogP contribution in [0.3, 0.4) is 0 Å². The van der Waals surface area contributed by atoms with Gasteiger partial charge in [-0.3, -0.25) is 0 Å². The van der Waals surface area contributed by atoms with Crippen LogP contribution in [-0.4, -0.2) is 65.2 Å². The van der Waals surface area contributed by atoms with Crippen molar-refractivity contribution in [3.63, 3.8) is 0 Å². The molecule has 3 aromatic rings. The van der Waals surface area contributed by atoms with E-state index in [1.54, 1.807) is 32.2 Å². The molecule has 0 aliphatic carbocycles. The Balaban J connectivity index is 1.79. The molecule has 3 N–H and O–H groups in total. The fourth-order valence-electron chi connectivity index (χ4n) is 3.40. The molecule has 150 valence electrons. The lowest BCUT2D eigenvalue weighted by Gasteiger charge is -2.39. The molecule has 1 aliphatic rings. The van der Waals surface area contributed by atoms with Crippen LogP contribution in [0.2, 0.25) is 0 Å². The van der Waals surface area contributed by atoms with Crippen molar-refractivity contribution in [2.24, 2.45) is 0 Å². The van der Waals surface area contributed by atoms with Crippen LogP contribution < -0.4 is 14.2 Å². The lowest BCUT2D eigenvalue weighted by atomic mass is 10.00. The van der Waals surface area contributed by atoms with Crippen LogP contribution in [0.5, 0.6) is 17.2 Å². The van der Waals surface area contributed by atoms with Gasteiger partial charge in [0, 0.05) is 5.39 Å². The van der Waals surface area contributed by atoms with Gasteiger partial charge in [0.15, 0.2) is 11.5 Å². The molecular formula is C19H21NO8. The van der Waals surface area contributed by atoms with Gasteiger partial charge < -0.3 is 38.7 Å². The van der Waals surface area contributed by atoms with Crippen LogP contribution in [0.15, 0.2) is 28.9 Å². The van der Waals surface area contributed by atoms with E-state index in [1.165, 1.54) is 13.4 Å². The number of fused-ring (bicyclic) bond motifs is 2. The molecule has 0 spiro atoms. The Kier molecular flexibility index (Phi) is 4.76. The van der Waals surface area contributed by atoms with Crippen molar-refractivity contribution in [2.45, 2.75) is 37.6 Å². The van der Waals surface area contributed by atoms with Crippen LogP contribution in [0, 0.1) is 0 Å². The highest BCUT2D eigenvalue weighted by Gasteiger charge is 2.43. The van der Waals surface area contributed by atoms with Gasteiger partial charge in [-0.15, -0.1) is 0 Å². The molecule has 4 rings (SSSR count). The molecule has 0 amide bonds. The van der Waals surface area contributed by atoms with Gasteiger partial charge in [-0.2, -0.15) is 0 Å². The molecule has 2 aromatic heterocycles. The first-order valence-corrected chi connectivity index (χ1v) is 8.74. The third-order valence-electron chi connectivity index (χ3n) is 4.90. The fourth-order valence-corrected chi connectivity index (χ4v) is 3.40. The lowest BCUT2D eigenvalue weighted by molar-refractivity contribution is -0.268. The number of aliphatic hydroxyl groups excluding tert-OH is 3. The Morgan fingerprint density at radius 3 is 2.39 bits per heavy atom. The largest absolute Gasteiger partial charge is 0.495 e. The van der Waals surface area contributed by atoms with Crippen molar-refractivity contribution < 1.29 is 38.7 Å². The van der Waals surface area contributed by atoms with Crippen molar-refractivity contribution in [1.82, 2.24) is 4.98 Å². The van der Waals surface area contributed by atoms with E-state index in [0.717, 1.165) is 5.39 Å². The van der Waals surface area contributed by atoms with Gasteiger partial charge in [0.05, 0.1) is 32.0 Å². The van der Waals surface area contributed by atoms with Crippen molar-refractivity contribution >= 4 is 22.0 Å². The van der Waals surface area contributed by atoms with E-state index in [-0.39, 0.29) is 11.5 Å². The number of hydrogen-bond donors (Lipinski definition) is 3. The second kappa shape index (κ2) is 7.10. The number of aromatic nitrogens is 1. The minimum absolute atomic E-state index is 0.246.